The summed E-state index contributed by atoms with van der Waals surface area (Å²) in [7, 11) is 0. The maximum Gasteiger partial charge on any atom is 0.266 e. The van der Waals surface area contributed by atoms with Crippen LogP contribution in [-0.2, 0) is 0 Å². The summed E-state index contributed by atoms with van der Waals surface area (Å²) < 4.78 is -1.16. The predicted octanol–water partition coefficient (Wildman–Crippen LogP) is 2.05. The molecular weight excluding hydrogens is 228 g/mol. The van der Waals surface area contributed by atoms with Crippen molar-refractivity contribution in [1.29, 1.82) is 0 Å². The van der Waals surface area contributed by atoms with Crippen molar-refractivity contribution in [2.75, 3.05) is 0 Å². The Balaban J connectivity index is 2.78. The number of benzene rings is 1. The van der Waals surface area contributed by atoms with Crippen LogP contribution in [0, 0.1) is 26.3 Å². The van der Waals surface area contributed by atoms with Gasteiger partial charge in [-0.1, -0.05) is 6.07 Å². The van der Waals surface area contributed by atoms with E-state index in [1.54, 1.807) is 0 Å². The van der Waals surface area contributed by atoms with Gasteiger partial charge in [-0.25, -0.2) is 0 Å². The summed E-state index contributed by atoms with van der Waals surface area (Å²) in [4.78, 5) is 20.8. The van der Waals surface area contributed by atoms with Crippen molar-refractivity contribution in [3.8, 4) is 0 Å². The topological polar surface area (TPSA) is 86.3 Å². The predicted molar refractivity (Wildman–Crippen MR) is 51.0 cm³/mol. The van der Waals surface area contributed by atoms with Gasteiger partial charge in [-0.05, 0) is 12.1 Å². The molecule has 0 amide bonds. The molecule has 14 heavy (non-hydrogen) atoms. The van der Waals surface area contributed by atoms with Crippen molar-refractivity contribution >= 4 is 23.9 Å². The first-order chi connectivity index (χ1) is 6.58. The lowest BCUT2D eigenvalue weighted by molar-refractivity contribution is -0.284. The average molecular weight is 231 g/mol. The number of nitro groups is 2. The Morgan fingerprint density at radius 2 is 1.86 bits per heavy atom. The van der Waals surface area contributed by atoms with E-state index in [-0.39, 0.29) is 4.90 Å². The number of nitrogens with zero attached hydrogens (tertiary/aromatic N) is 2. The first-order valence-electron chi connectivity index (χ1n) is 3.24. The van der Waals surface area contributed by atoms with Crippen LogP contribution in [0.3, 0.4) is 0 Å². The normalized spacial score (nSPS) is 9.71. The lowest BCUT2D eigenvalue weighted by atomic mass is 10.4. The summed E-state index contributed by atoms with van der Waals surface area (Å²) in [5, 5.41) is 20.2. The first-order valence-corrected chi connectivity index (χ1v) is 4.79. The highest BCUT2D eigenvalue weighted by atomic mass is 32.2. The van der Waals surface area contributed by atoms with E-state index in [1.165, 1.54) is 18.2 Å². The van der Waals surface area contributed by atoms with Crippen molar-refractivity contribution < 1.29 is 8.66 Å². The fourth-order valence-corrected chi connectivity index (χ4v) is 1.71. The molecule has 0 saturated carbocycles. The monoisotopic (exact) mass is 231 g/mol. The quantitative estimate of drug-likeness (QED) is 0.447. The zero-order valence-electron chi connectivity index (χ0n) is 6.58. The van der Waals surface area contributed by atoms with Crippen molar-refractivity contribution in [2.45, 2.75) is 9.79 Å². The standard InChI is InChI=1S/C6H3N2O4S2/c9-7(10)13-5-2-1-3-6(4-5)14-8(11)12/h1-2,4H. The smallest absolute Gasteiger partial charge is 0.250 e. The van der Waals surface area contributed by atoms with E-state index >= 15 is 0 Å². The van der Waals surface area contributed by atoms with E-state index in [2.05, 4.69) is 6.07 Å². The zero-order valence-corrected chi connectivity index (χ0v) is 8.21. The Kier molecular flexibility index (Phi) is 3.72. The molecule has 73 valence electrons. The van der Waals surface area contributed by atoms with Crippen LogP contribution in [-0.4, -0.2) is 8.66 Å². The summed E-state index contributed by atoms with van der Waals surface area (Å²) >= 11 is 0.776. The van der Waals surface area contributed by atoms with Crippen LogP contribution in [0.2, 0.25) is 0 Å². The van der Waals surface area contributed by atoms with Crippen LogP contribution in [0.15, 0.2) is 28.0 Å². The molecule has 6 nitrogen and oxygen atoms in total. The molecule has 0 atom stereocenters. The Labute approximate surface area is 87.3 Å². The molecule has 0 bridgehead atoms. The summed E-state index contributed by atoms with van der Waals surface area (Å²) in [6.45, 7) is 0. The molecule has 8 heteroatoms. The fraction of sp³-hybridized carbons (Fsp3) is 0. The highest BCUT2D eigenvalue weighted by molar-refractivity contribution is 7.94. The molecule has 0 aliphatic heterocycles. The van der Waals surface area contributed by atoms with Gasteiger partial charge in [0.05, 0.1) is 9.79 Å². The van der Waals surface area contributed by atoms with Crippen LogP contribution >= 0.6 is 23.9 Å². The van der Waals surface area contributed by atoms with Crippen molar-refractivity contribution in [3.63, 3.8) is 0 Å². The molecule has 0 aromatic heterocycles. The highest BCUT2D eigenvalue weighted by Crippen LogP contribution is 2.24. The molecule has 1 radical (unpaired) electrons. The summed E-state index contributed by atoms with van der Waals surface area (Å²) in [6.07, 6.45) is 0. The molecule has 0 aliphatic carbocycles. The maximum atomic E-state index is 10.1. The highest BCUT2D eigenvalue weighted by Gasteiger charge is 2.10. The van der Waals surface area contributed by atoms with Crippen LogP contribution in [0.1, 0.15) is 0 Å². The molecule has 0 unspecified atom stereocenters. The minimum atomic E-state index is -0.591. The largest absolute Gasteiger partial charge is 0.266 e. The first kappa shape index (κ1) is 10.8. The van der Waals surface area contributed by atoms with Gasteiger partial charge in [0.25, 0.3) is 23.9 Å². The van der Waals surface area contributed by atoms with E-state index in [0.29, 0.717) is 28.8 Å². The van der Waals surface area contributed by atoms with Gasteiger partial charge < -0.3 is 0 Å². The van der Waals surface area contributed by atoms with Crippen LogP contribution in [0.4, 0.5) is 0 Å². The van der Waals surface area contributed by atoms with E-state index in [4.69, 9.17) is 0 Å². The molecule has 0 spiro atoms. The van der Waals surface area contributed by atoms with Crippen molar-refractivity contribution in [2.24, 2.45) is 0 Å². The number of hydrogen-bond donors (Lipinski definition) is 0. The zero-order chi connectivity index (χ0) is 10.6. The molecule has 1 aromatic carbocycles. The van der Waals surface area contributed by atoms with Gasteiger partial charge in [0.2, 0.25) is 0 Å². The van der Waals surface area contributed by atoms with E-state index < -0.39 is 8.66 Å². The summed E-state index contributed by atoms with van der Waals surface area (Å²) in [5.41, 5.74) is 0. The Bertz CT molecular complexity index is 339. The number of rotatable bonds is 4. The molecule has 0 aliphatic rings. The third-order valence-corrected chi connectivity index (χ3v) is 2.29. The van der Waals surface area contributed by atoms with Gasteiger partial charge in [-0.15, -0.1) is 0 Å². The lowest BCUT2D eigenvalue weighted by Crippen LogP contribution is -1.86. The molecule has 1 rings (SSSR count). The minimum absolute atomic E-state index is 0.252. The molecular formula is C6H3N2O4S2. The second-order valence-corrected chi connectivity index (χ2v) is 3.89. The van der Waals surface area contributed by atoms with E-state index in [0.717, 1.165) is 0 Å². The Morgan fingerprint density at radius 3 is 2.43 bits per heavy atom. The summed E-state index contributed by atoms with van der Waals surface area (Å²) in [6, 6.07) is 6.83. The summed E-state index contributed by atoms with van der Waals surface area (Å²) in [5.74, 6) is 0. The third kappa shape index (κ3) is 3.62. The lowest BCUT2D eigenvalue weighted by Gasteiger charge is -1.93. The molecule has 0 saturated heterocycles. The van der Waals surface area contributed by atoms with Gasteiger partial charge in [0.15, 0.2) is 0 Å². The van der Waals surface area contributed by atoms with Crippen LogP contribution in [0.5, 0.6) is 0 Å². The van der Waals surface area contributed by atoms with Gasteiger partial charge in [0.1, 0.15) is 8.66 Å². The van der Waals surface area contributed by atoms with Gasteiger partial charge in [-0.2, -0.15) is 0 Å². The Hall–Kier alpha value is -1.28. The molecule has 0 heterocycles. The second-order valence-electron chi connectivity index (χ2n) is 2.02. The number of hydrogen-bond acceptors (Lipinski definition) is 6. The molecule has 0 N–H and O–H groups in total. The van der Waals surface area contributed by atoms with Gasteiger partial charge in [-0.3, -0.25) is 20.2 Å². The molecule has 0 fully saturated rings. The third-order valence-electron chi connectivity index (χ3n) is 1.10. The average Bonchev–Trinajstić information content (AvgIpc) is 2.01. The SMILES string of the molecule is O=[N+]([O-])Sc1[c]ccc(S[N+](=O)[O-])c1. The minimum Gasteiger partial charge on any atom is -0.250 e. The maximum absolute atomic E-state index is 10.1. The van der Waals surface area contributed by atoms with E-state index in [1.807, 2.05) is 0 Å². The van der Waals surface area contributed by atoms with Crippen molar-refractivity contribution in [1.82, 2.24) is 0 Å². The molecule has 1 aromatic rings. The fourth-order valence-electron chi connectivity index (χ4n) is 0.701. The van der Waals surface area contributed by atoms with Crippen LogP contribution in [0.25, 0.3) is 0 Å². The van der Waals surface area contributed by atoms with Crippen LogP contribution < -0.4 is 0 Å². The van der Waals surface area contributed by atoms with Crippen molar-refractivity contribution in [3.05, 3.63) is 44.5 Å². The Morgan fingerprint density at radius 1 is 1.21 bits per heavy atom. The van der Waals surface area contributed by atoms with Gasteiger partial charge >= 0.3 is 0 Å². The van der Waals surface area contributed by atoms with Gasteiger partial charge in [0, 0.05) is 6.07 Å². The van der Waals surface area contributed by atoms with E-state index in [9.17, 15) is 20.2 Å². The second kappa shape index (κ2) is 4.82.